The van der Waals surface area contributed by atoms with E-state index in [1.54, 1.807) is 36.1 Å². The van der Waals surface area contributed by atoms with Crippen molar-refractivity contribution in [2.24, 2.45) is 5.92 Å². The summed E-state index contributed by atoms with van der Waals surface area (Å²) in [5, 5.41) is 3.47. The van der Waals surface area contributed by atoms with Crippen molar-refractivity contribution in [3.63, 3.8) is 0 Å². The average molecular weight is 471 g/mol. The maximum Gasteiger partial charge on any atom is 0.338 e. The van der Waals surface area contributed by atoms with E-state index in [0.29, 0.717) is 35.6 Å². The Morgan fingerprint density at radius 2 is 2.03 bits per heavy atom. The summed E-state index contributed by atoms with van der Waals surface area (Å²) in [4.78, 5) is 46.7. The lowest BCUT2D eigenvalue weighted by Crippen LogP contribution is -2.36. The van der Waals surface area contributed by atoms with Crippen LogP contribution in [0.2, 0.25) is 0 Å². The fourth-order valence-electron chi connectivity index (χ4n) is 4.36. The molecule has 2 fully saturated rings. The van der Waals surface area contributed by atoms with Gasteiger partial charge < -0.3 is 15.0 Å². The number of piperidine rings is 1. The smallest absolute Gasteiger partial charge is 0.338 e. The number of esters is 1. The number of thiazole rings is 1. The molecule has 0 radical (unpaired) electrons. The van der Waals surface area contributed by atoms with Crippen molar-refractivity contribution in [1.29, 1.82) is 0 Å². The Labute approximate surface area is 197 Å². The van der Waals surface area contributed by atoms with Gasteiger partial charge in [0.1, 0.15) is 0 Å². The summed E-state index contributed by atoms with van der Waals surface area (Å²) in [5.41, 5.74) is 1.09. The van der Waals surface area contributed by atoms with Crippen LogP contribution in [-0.4, -0.2) is 53.4 Å². The first-order valence-electron chi connectivity index (χ1n) is 11.5. The molecule has 4 rings (SSSR count). The van der Waals surface area contributed by atoms with Gasteiger partial charge in [0.15, 0.2) is 5.13 Å². The Hall–Kier alpha value is -2.78. The molecular weight excluding hydrogens is 440 g/mol. The van der Waals surface area contributed by atoms with Gasteiger partial charge in [0, 0.05) is 42.3 Å². The molecule has 0 bridgehead atoms. The number of rotatable bonds is 7. The normalized spacial score (nSPS) is 21.3. The molecule has 33 heavy (non-hydrogen) atoms. The first-order chi connectivity index (χ1) is 15.9. The van der Waals surface area contributed by atoms with Crippen LogP contribution in [0.5, 0.6) is 0 Å². The number of benzene rings is 1. The second-order valence-electron chi connectivity index (χ2n) is 8.61. The maximum absolute atomic E-state index is 12.8. The van der Waals surface area contributed by atoms with Crippen molar-refractivity contribution in [2.75, 3.05) is 29.9 Å². The van der Waals surface area contributed by atoms with Gasteiger partial charge in [-0.25, -0.2) is 9.78 Å². The van der Waals surface area contributed by atoms with Crippen molar-refractivity contribution in [3.8, 4) is 0 Å². The molecule has 1 N–H and O–H groups in total. The standard InChI is InChI=1S/C24H30N4O4S/c1-3-32-23(31)17-7-9-19(10-8-17)28-14-18(12-21(28)29)22(30)26-24-25-13-20(33-24)15-27-11-5-4-6-16(27)2/h7-10,13,16,18H,3-6,11-12,14-15H2,1-2H3,(H,25,26,30). The Morgan fingerprint density at radius 3 is 2.76 bits per heavy atom. The summed E-state index contributed by atoms with van der Waals surface area (Å²) < 4.78 is 4.99. The summed E-state index contributed by atoms with van der Waals surface area (Å²) in [6.07, 6.45) is 5.72. The van der Waals surface area contributed by atoms with E-state index >= 15 is 0 Å². The minimum Gasteiger partial charge on any atom is -0.462 e. The van der Waals surface area contributed by atoms with E-state index in [9.17, 15) is 14.4 Å². The summed E-state index contributed by atoms with van der Waals surface area (Å²) in [7, 11) is 0. The van der Waals surface area contributed by atoms with Crippen LogP contribution in [0, 0.1) is 5.92 Å². The van der Waals surface area contributed by atoms with Crippen LogP contribution in [-0.2, 0) is 20.9 Å². The third-order valence-electron chi connectivity index (χ3n) is 6.27. The number of ether oxygens (including phenoxy) is 1. The monoisotopic (exact) mass is 470 g/mol. The second kappa shape index (κ2) is 10.4. The molecule has 1 aromatic carbocycles. The topological polar surface area (TPSA) is 91.8 Å². The highest BCUT2D eigenvalue weighted by atomic mass is 32.1. The number of aromatic nitrogens is 1. The molecule has 2 aromatic rings. The van der Waals surface area contributed by atoms with Crippen molar-refractivity contribution in [2.45, 2.75) is 52.1 Å². The van der Waals surface area contributed by atoms with Crippen molar-refractivity contribution in [3.05, 3.63) is 40.9 Å². The number of anilines is 2. The van der Waals surface area contributed by atoms with Gasteiger partial charge in [-0.15, -0.1) is 11.3 Å². The van der Waals surface area contributed by atoms with Crippen molar-refractivity contribution < 1.29 is 19.1 Å². The number of nitrogens with zero attached hydrogens (tertiary/aromatic N) is 3. The van der Waals surface area contributed by atoms with Crippen LogP contribution in [0.1, 0.15) is 54.8 Å². The number of likely N-dealkylation sites (tertiary alicyclic amines) is 1. The molecular formula is C24H30N4O4S. The highest BCUT2D eigenvalue weighted by molar-refractivity contribution is 7.15. The van der Waals surface area contributed by atoms with Crippen LogP contribution in [0.25, 0.3) is 0 Å². The number of carbonyl (C=O) groups is 3. The predicted octanol–water partition coefficient (Wildman–Crippen LogP) is 3.69. The van der Waals surface area contributed by atoms with Gasteiger partial charge in [0.25, 0.3) is 0 Å². The largest absolute Gasteiger partial charge is 0.462 e. The molecule has 2 aliphatic rings. The summed E-state index contributed by atoms with van der Waals surface area (Å²) in [6.45, 7) is 6.57. The minimum absolute atomic E-state index is 0.113. The molecule has 2 atom stereocenters. The molecule has 2 unspecified atom stereocenters. The fraction of sp³-hybridized carbons (Fsp3) is 0.500. The molecule has 0 saturated carbocycles. The first kappa shape index (κ1) is 23.4. The average Bonchev–Trinajstić information content (AvgIpc) is 3.42. The van der Waals surface area contributed by atoms with Gasteiger partial charge in [-0.05, 0) is 57.5 Å². The Morgan fingerprint density at radius 1 is 1.24 bits per heavy atom. The lowest BCUT2D eigenvalue weighted by Gasteiger charge is -2.32. The van der Waals surface area contributed by atoms with Gasteiger partial charge in [0.05, 0.1) is 18.1 Å². The Balaban J connectivity index is 1.33. The molecule has 0 aliphatic carbocycles. The number of hydrogen-bond donors (Lipinski definition) is 1. The van der Waals surface area contributed by atoms with Crippen LogP contribution >= 0.6 is 11.3 Å². The van der Waals surface area contributed by atoms with E-state index in [1.807, 2.05) is 6.20 Å². The zero-order valence-electron chi connectivity index (χ0n) is 19.1. The number of amides is 2. The number of carbonyl (C=O) groups excluding carboxylic acids is 3. The first-order valence-corrected chi connectivity index (χ1v) is 12.3. The molecule has 9 heteroatoms. The van der Waals surface area contributed by atoms with Gasteiger partial charge in [0.2, 0.25) is 11.8 Å². The third-order valence-corrected chi connectivity index (χ3v) is 7.17. The summed E-state index contributed by atoms with van der Waals surface area (Å²) >= 11 is 1.49. The van der Waals surface area contributed by atoms with Gasteiger partial charge in [-0.1, -0.05) is 6.42 Å². The second-order valence-corrected chi connectivity index (χ2v) is 9.72. The molecule has 2 amide bonds. The predicted molar refractivity (Wildman–Crippen MR) is 127 cm³/mol. The Kier molecular flexibility index (Phi) is 7.39. The van der Waals surface area contributed by atoms with E-state index in [1.165, 1.54) is 30.6 Å². The van der Waals surface area contributed by atoms with Crippen LogP contribution in [0.4, 0.5) is 10.8 Å². The fourth-order valence-corrected chi connectivity index (χ4v) is 5.20. The van der Waals surface area contributed by atoms with E-state index in [2.05, 4.69) is 22.1 Å². The summed E-state index contributed by atoms with van der Waals surface area (Å²) in [6, 6.07) is 7.25. The van der Waals surface area contributed by atoms with E-state index < -0.39 is 11.9 Å². The quantitative estimate of drug-likeness (QED) is 0.621. The van der Waals surface area contributed by atoms with Crippen LogP contribution < -0.4 is 10.2 Å². The zero-order valence-corrected chi connectivity index (χ0v) is 19.9. The Bertz CT molecular complexity index is 1010. The highest BCUT2D eigenvalue weighted by Crippen LogP contribution is 2.28. The molecule has 2 saturated heterocycles. The third kappa shape index (κ3) is 5.59. The van der Waals surface area contributed by atoms with Gasteiger partial charge >= 0.3 is 5.97 Å². The van der Waals surface area contributed by atoms with Gasteiger partial charge in [-0.3, -0.25) is 14.5 Å². The van der Waals surface area contributed by atoms with Gasteiger partial charge in [-0.2, -0.15) is 0 Å². The SMILES string of the molecule is CCOC(=O)c1ccc(N2CC(C(=O)Nc3ncc(CN4CCCCC4C)s3)CC2=O)cc1. The van der Waals surface area contributed by atoms with Crippen LogP contribution in [0.15, 0.2) is 30.5 Å². The lowest BCUT2D eigenvalue weighted by atomic mass is 10.0. The highest BCUT2D eigenvalue weighted by Gasteiger charge is 2.35. The van der Waals surface area contributed by atoms with Crippen LogP contribution in [0.3, 0.4) is 0 Å². The molecule has 1 aromatic heterocycles. The zero-order chi connectivity index (χ0) is 23.4. The lowest BCUT2D eigenvalue weighted by molar-refractivity contribution is -0.122. The maximum atomic E-state index is 12.8. The molecule has 176 valence electrons. The molecule has 2 aliphatic heterocycles. The van der Waals surface area contributed by atoms with Crippen molar-refractivity contribution in [1.82, 2.24) is 9.88 Å². The number of nitrogens with one attached hydrogen (secondary N) is 1. The summed E-state index contributed by atoms with van der Waals surface area (Å²) in [5.74, 6) is -1.15. The molecule has 0 spiro atoms. The van der Waals surface area contributed by atoms with E-state index in [-0.39, 0.29) is 18.2 Å². The van der Waals surface area contributed by atoms with E-state index in [0.717, 1.165) is 18.0 Å². The molecule has 3 heterocycles. The van der Waals surface area contributed by atoms with E-state index in [4.69, 9.17) is 4.74 Å². The minimum atomic E-state index is -0.448. The number of hydrogen-bond acceptors (Lipinski definition) is 7. The molecule has 8 nitrogen and oxygen atoms in total. The van der Waals surface area contributed by atoms with Crippen molar-refractivity contribution >= 4 is 39.9 Å².